The van der Waals surface area contributed by atoms with Crippen molar-refractivity contribution in [3.8, 4) is 5.75 Å². The third-order valence-corrected chi connectivity index (χ3v) is 4.23. The molecule has 0 fully saturated rings. The van der Waals surface area contributed by atoms with E-state index >= 15 is 0 Å². The van der Waals surface area contributed by atoms with E-state index in [-0.39, 0.29) is 12.2 Å². The molecule has 17 heavy (non-hydrogen) atoms. The number of phenolic OH excluding ortho intramolecular Hbond substituents is 1. The third-order valence-electron chi connectivity index (χ3n) is 2.17. The van der Waals surface area contributed by atoms with Gasteiger partial charge in [0.05, 0.1) is 22.5 Å². The smallest absolute Gasteiger partial charge is 0.307 e. The van der Waals surface area contributed by atoms with Crippen LogP contribution in [0.1, 0.15) is 18.0 Å². The first kappa shape index (κ1) is 14.9. The molecule has 1 aromatic carbocycles. The Labute approximate surface area is 124 Å². The van der Waals surface area contributed by atoms with E-state index in [2.05, 4.69) is 52.5 Å². The van der Waals surface area contributed by atoms with Gasteiger partial charge in [-0.2, -0.15) is 0 Å². The van der Waals surface area contributed by atoms with Gasteiger partial charge in [0, 0.05) is 16.1 Å². The van der Waals surface area contributed by atoms with Crippen LogP contribution in [0, 0.1) is 0 Å². The van der Waals surface area contributed by atoms with Crippen LogP contribution >= 0.6 is 47.8 Å². The Morgan fingerprint density at radius 2 is 2.06 bits per heavy atom. The van der Waals surface area contributed by atoms with Gasteiger partial charge in [-0.1, -0.05) is 15.9 Å². The summed E-state index contributed by atoms with van der Waals surface area (Å²) in [6.45, 7) is 0. The van der Waals surface area contributed by atoms with Crippen LogP contribution in [-0.4, -0.2) is 18.2 Å². The van der Waals surface area contributed by atoms with Gasteiger partial charge in [0.2, 0.25) is 0 Å². The summed E-state index contributed by atoms with van der Waals surface area (Å²) < 4.78 is 6.24. The fourth-order valence-electron chi connectivity index (χ4n) is 1.30. The number of carbonyl (C=O) groups is 1. The van der Waals surface area contributed by atoms with E-state index in [1.165, 1.54) is 7.11 Å². The van der Waals surface area contributed by atoms with Gasteiger partial charge in [-0.15, -0.1) is 0 Å². The quantitative estimate of drug-likeness (QED) is 0.721. The van der Waals surface area contributed by atoms with Gasteiger partial charge in [0.15, 0.2) is 0 Å². The zero-order valence-corrected chi connectivity index (χ0v) is 13.6. The lowest BCUT2D eigenvalue weighted by Crippen LogP contribution is -2.17. The minimum Gasteiger partial charge on any atom is -0.506 e. The summed E-state index contributed by atoms with van der Waals surface area (Å²) in [7, 11) is 1.30. The number of aromatic hydroxyl groups is 1. The third kappa shape index (κ3) is 3.43. The number of methoxy groups -OCH3 is 1. The van der Waals surface area contributed by atoms with Crippen molar-refractivity contribution >= 4 is 53.8 Å². The molecule has 0 bridgehead atoms. The molecule has 0 saturated carbocycles. The summed E-state index contributed by atoms with van der Waals surface area (Å²) in [6.07, 6.45) is 0.0365. The predicted octanol–water partition coefficient (Wildman–Crippen LogP) is 3.24. The van der Waals surface area contributed by atoms with Crippen LogP contribution in [0.25, 0.3) is 0 Å². The molecule has 0 amide bonds. The largest absolute Gasteiger partial charge is 0.506 e. The molecule has 0 saturated heterocycles. The van der Waals surface area contributed by atoms with Gasteiger partial charge >= 0.3 is 5.97 Å². The van der Waals surface area contributed by atoms with Crippen LogP contribution < -0.4 is 5.73 Å². The Bertz CT molecular complexity index is 451. The molecule has 0 aliphatic carbocycles. The first-order valence-electron chi connectivity index (χ1n) is 4.57. The molecule has 94 valence electrons. The Hall–Kier alpha value is -0.110. The number of hydrogen-bond donors (Lipinski definition) is 2. The summed E-state index contributed by atoms with van der Waals surface area (Å²) >= 11 is 9.80. The Balaban J connectivity index is 3.13. The molecule has 0 aromatic heterocycles. The van der Waals surface area contributed by atoms with Crippen molar-refractivity contribution in [2.75, 3.05) is 7.11 Å². The Morgan fingerprint density at radius 3 is 2.59 bits per heavy atom. The minimum absolute atomic E-state index is 0.0365. The molecule has 0 spiro atoms. The summed E-state index contributed by atoms with van der Waals surface area (Å²) in [4.78, 5) is 11.2. The number of rotatable bonds is 3. The summed E-state index contributed by atoms with van der Waals surface area (Å²) in [6, 6.07) is 1.11. The van der Waals surface area contributed by atoms with Crippen molar-refractivity contribution in [2.24, 2.45) is 5.73 Å². The molecular formula is C10H10Br3NO3. The van der Waals surface area contributed by atoms with Crippen molar-refractivity contribution in [3.63, 3.8) is 0 Å². The average molecular weight is 432 g/mol. The van der Waals surface area contributed by atoms with E-state index in [9.17, 15) is 9.90 Å². The maximum atomic E-state index is 11.2. The second kappa shape index (κ2) is 6.17. The predicted molar refractivity (Wildman–Crippen MR) is 74.8 cm³/mol. The van der Waals surface area contributed by atoms with Gasteiger partial charge in [-0.3, -0.25) is 4.79 Å². The fourth-order valence-corrected chi connectivity index (χ4v) is 4.01. The average Bonchev–Trinajstić information content (AvgIpc) is 2.25. The van der Waals surface area contributed by atoms with E-state index in [0.29, 0.717) is 19.0 Å². The molecule has 4 nitrogen and oxygen atoms in total. The second-order valence-corrected chi connectivity index (χ2v) is 5.80. The summed E-state index contributed by atoms with van der Waals surface area (Å²) in [5.41, 5.74) is 6.53. The van der Waals surface area contributed by atoms with Crippen molar-refractivity contribution in [1.82, 2.24) is 0 Å². The topological polar surface area (TPSA) is 72.5 Å². The fraction of sp³-hybridized carbons (Fsp3) is 0.300. The number of hydrogen-bond acceptors (Lipinski definition) is 4. The van der Waals surface area contributed by atoms with Gasteiger partial charge in [0.25, 0.3) is 0 Å². The SMILES string of the molecule is COC(=O)C[C@@H](N)c1c(Br)cc(Br)c(O)c1Br. The number of halogens is 3. The minimum atomic E-state index is -0.565. The van der Waals surface area contributed by atoms with Gasteiger partial charge in [0.1, 0.15) is 5.75 Å². The van der Waals surface area contributed by atoms with Crippen LogP contribution in [0.15, 0.2) is 19.5 Å². The van der Waals surface area contributed by atoms with E-state index < -0.39 is 12.0 Å². The van der Waals surface area contributed by atoms with Gasteiger partial charge in [-0.05, 0) is 37.9 Å². The highest BCUT2D eigenvalue weighted by Gasteiger charge is 2.21. The summed E-state index contributed by atoms with van der Waals surface area (Å²) in [5, 5.41) is 9.77. The van der Waals surface area contributed by atoms with Crippen LogP contribution in [0.2, 0.25) is 0 Å². The Morgan fingerprint density at radius 1 is 1.47 bits per heavy atom. The molecular weight excluding hydrogens is 422 g/mol. The number of phenols is 1. The highest BCUT2D eigenvalue weighted by Crippen LogP contribution is 2.42. The molecule has 1 atom stereocenters. The van der Waals surface area contributed by atoms with Crippen LogP contribution in [-0.2, 0) is 9.53 Å². The number of esters is 1. The zero-order chi connectivity index (χ0) is 13.2. The summed E-state index contributed by atoms with van der Waals surface area (Å²) in [5.74, 6) is -0.359. The second-order valence-electron chi connectivity index (χ2n) is 3.30. The first-order valence-corrected chi connectivity index (χ1v) is 6.95. The standard InChI is InChI=1S/C10H10Br3NO3/c1-17-7(15)3-6(14)8-4(11)2-5(12)10(16)9(8)13/h2,6,16H,3,14H2,1H3/t6-/m1/s1. The molecule has 0 radical (unpaired) electrons. The molecule has 0 unspecified atom stereocenters. The van der Waals surface area contributed by atoms with E-state index in [4.69, 9.17) is 5.73 Å². The number of ether oxygens (including phenoxy) is 1. The highest BCUT2D eigenvalue weighted by atomic mass is 79.9. The number of benzene rings is 1. The Kier molecular flexibility index (Phi) is 5.43. The zero-order valence-electron chi connectivity index (χ0n) is 8.84. The van der Waals surface area contributed by atoms with Crippen molar-refractivity contribution < 1.29 is 14.6 Å². The van der Waals surface area contributed by atoms with Crippen LogP contribution in [0.4, 0.5) is 0 Å². The van der Waals surface area contributed by atoms with Gasteiger partial charge < -0.3 is 15.6 Å². The van der Waals surface area contributed by atoms with Gasteiger partial charge in [-0.25, -0.2) is 0 Å². The number of nitrogens with two attached hydrogens (primary N) is 1. The maximum absolute atomic E-state index is 11.2. The van der Waals surface area contributed by atoms with Crippen molar-refractivity contribution in [2.45, 2.75) is 12.5 Å². The molecule has 0 heterocycles. The van der Waals surface area contributed by atoms with Crippen molar-refractivity contribution in [3.05, 3.63) is 25.0 Å². The number of carbonyl (C=O) groups excluding carboxylic acids is 1. The van der Waals surface area contributed by atoms with Crippen LogP contribution in [0.3, 0.4) is 0 Å². The maximum Gasteiger partial charge on any atom is 0.307 e. The van der Waals surface area contributed by atoms with E-state index in [1.54, 1.807) is 6.07 Å². The molecule has 3 N–H and O–H groups in total. The molecule has 1 aromatic rings. The molecule has 7 heteroatoms. The first-order chi connectivity index (χ1) is 7.88. The molecule has 1 rings (SSSR count). The normalized spacial score (nSPS) is 12.3. The van der Waals surface area contributed by atoms with Crippen LogP contribution in [0.5, 0.6) is 5.75 Å². The van der Waals surface area contributed by atoms with E-state index in [0.717, 1.165) is 0 Å². The van der Waals surface area contributed by atoms with E-state index in [1.807, 2.05) is 0 Å². The molecule has 0 aliphatic rings. The monoisotopic (exact) mass is 429 g/mol. The lowest BCUT2D eigenvalue weighted by atomic mass is 10.0. The highest BCUT2D eigenvalue weighted by molar-refractivity contribution is 9.11. The lowest BCUT2D eigenvalue weighted by Gasteiger charge is -2.16. The molecule has 0 aliphatic heterocycles. The van der Waals surface area contributed by atoms with Crippen molar-refractivity contribution in [1.29, 1.82) is 0 Å². The lowest BCUT2D eigenvalue weighted by molar-refractivity contribution is -0.141.